The largest absolute Gasteiger partial charge is 0.486 e. The molecule has 1 heterocycles. The van der Waals surface area contributed by atoms with E-state index < -0.39 is 11.9 Å². The van der Waals surface area contributed by atoms with Crippen LogP contribution in [0.25, 0.3) is 6.08 Å². The number of ether oxygens (including phenoxy) is 3. The molecule has 2 aromatic rings. The van der Waals surface area contributed by atoms with Gasteiger partial charge in [-0.2, -0.15) is 0 Å². The number of benzene rings is 2. The number of aryl methyl sites for hydroxylation is 1. The highest BCUT2D eigenvalue weighted by Gasteiger charge is 2.21. The molecule has 6 heteroatoms. The summed E-state index contributed by atoms with van der Waals surface area (Å²) in [5.41, 5.74) is 2.03. The van der Waals surface area contributed by atoms with Gasteiger partial charge in [0.2, 0.25) is 0 Å². The monoisotopic (exact) mass is 367 g/mol. The van der Waals surface area contributed by atoms with E-state index in [1.54, 1.807) is 6.08 Å². The molecule has 1 aliphatic rings. The lowest BCUT2D eigenvalue weighted by Crippen LogP contribution is -2.42. The maximum Gasteiger partial charge on any atom is 0.331 e. The van der Waals surface area contributed by atoms with E-state index in [-0.39, 0.29) is 19.3 Å². The Balaban J connectivity index is 1.37. The Labute approximate surface area is 157 Å². The number of hydrogen-bond donors (Lipinski definition) is 1. The number of fused-ring (bicyclic) bond motifs is 1. The van der Waals surface area contributed by atoms with Crippen molar-refractivity contribution >= 4 is 18.0 Å². The molecule has 0 bridgehead atoms. The first kappa shape index (κ1) is 18.5. The molecule has 0 saturated carbocycles. The molecule has 1 aliphatic heterocycles. The van der Waals surface area contributed by atoms with Crippen LogP contribution in [0.3, 0.4) is 0 Å². The second-order valence-corrected chi connectivity index (χ2v) is 6.15. The highest BCUT2D eigenvalue weighted by molar-refractivity contribution is 5.89. The van der Waals surface area contributed by atoms with Crippen LogP contribution in [0.2, 0.25) is 0 Å². The van der Waals surface area contributed by atoms with Crippen molar-refractivity contribution in [1.29, 1.82) is 0 Å². The summed E-state index contributed by atoms with van der Waals surface area (Å²) in [5, 5.41) is 2.67. The molecule has 1 N–H and O–H groups in total. The van der Waals surface area contributed by atoms with Gasteiger partial charge >= 0.3 is 5.97 Å². The second kappa shape index (κ2) is 8.89. The van der Waals surface area contributed by atoms with Gasteiger partial charge in [0.1, 0.15) is 12.7 Å². The summed E-state index contributed by atoms with van der Waals surface area (Å²) in [5.74, 6) is 0.372. The Morgan fingerprint density at radius 1 is 1.15 bits per heavy atom. The SMILES string of the molecule is Cc1ccc(/C=C/C(=O)OCC(=O)NC[C@@H]2COc3ccccc3O2)cc1. The van der Waals surface area contributed by atoms with Gasteiger partial charge in [-0.15, -0.1) is 0 Å². The highest BCUT2D eigenvalue weighted by Crippen LogP contribution is 2.30. The molecule has 0 fully saturated rings. The molecular weight excluding hydrogens is 346 g/mol. The summed E-state index contributed by atoms with van der Waals surface area (Å²) in [7, 11) is 0. The highest BCUT2D eigenvalue weighted by atomic mass is 16.6. The van der Waals surface area contributed by atoms with Crippen molar-refractivity contribution in [3.63, 3.8) is 0 Å². The molecule has 0 spiro atoms. The lowest BCUT2D eigenvalue weighted by atomic mass is 10.1. The summed E-state index contributed by atoms with van der Waals surface area (Å²) in [6.45, 7) is 2.26. The number of nitrogens with one attached hydrogen (secondary N) is 1. The molecule has 6 nitrogen and oxygen atoms in total. The van der Waals surface area contributed by atoms with Gasteiger partial charge in [-0.3, -0.25) is 4.79 Å². The van der Waals surface area contributed by atoms with Gasteiger partial charge in [0.25, 0.3) is 5.91 Å². The molecule has 1 amide bonds. The lowest BCUT2D eigenvalue weighted by Gasteiger charge is -2.26. The van der Waals surface area contributed by atoms with Crippen molar-refractivity contribution in [3.05, 3.63) is 65.7 Å². The van der Waals surface area contributed by atoms with Gasteiger partial charge in [-0.1, -0.05) is 42.0 Å². The van der Waals surface area contributed by atoms with Crippen molar-refractivity contribution < 1.29 is 23.8 Å². The van der Waals surface area contributed by atoms with E-state index in [4.69, 9.17) is 14.2 Å². The fraction of sp³-hybridized carbons (Fsp3) is 0.238. The molecule has 0 unspecified atom stereocenters. The van der Waals surface area contributed by atoms with Crippen LogP contribution in [-0.2, 0) is 14.3 Å². The van der Waals surface area contributed by atoms with E-state index in [0.717, 1.165) is 11.1 Å². The Bertz CT molecular complexity index is 829. The molecule has 2 aromatic carbocycles. The molecule has 0 saturated heterocycles. The number of hydrogen-bond acceptors (Lipinski definition) is 5. The maximum atomic E-state index is 11.8. The van der Waals surface area contributed by atoms with Crippen molar-refractivity contribution in [2.75, 3.05) is 19.8 Å². The van der Waals surface area contributed by atoms with Gasteiger partial charge in [-0.25, -0.2) is 4.79 Å². The first-order chi connectivity index (χ1) is 13.1. The summed E-state index contributed by atoms with van der Waals surface area (Å²) in [6.07, 6.45) is 2.65. The van der Waals surface area contributed by atoms with E-state index in [0.29, 0.717) is 18.1 Å². The van der Waals surface area contributed by atoms with E-state index in [2.05, 4.69) is 5.32 Å². The molecule has 0 aromatic heterocycles. The topological polar surface area (TPSA) is 73.9 Å². The quantitative estimate of drug-likeness (QED) is 0.627. The summed E-state index contributed by atoms with van der Waals surface area (Å²) < 4.78 is 16.3. The number of carbonyl (C=O) groups excluding carboxylic acids is 2. The van der Waals surface area contributed by atoms with Gasteiger partial charge < -0.3 is 19.5 Å². The number of esters is 1. The van der Waals surface area contributed by atoms with Crippen LogP contribution in [0.1, 0.15) is 11.1 Å². The van der Waals surface area contributed by atoms with E-state index >= 15 is 0 Å². The van der Waals surface area contributed by atoms with E-state index in [9.17, 15) is 9.59 Å². The average Bonchev–Trinajstić information content (AvgIpc) is 2.70. The van der Waals surface area contributed by atoms with Crippen LogP contribution in [0.5, 0.6) is 11.5 Å². The first-order valence-corrected chi connectivity index (χ1v) is 8.67. The van der Waals surface area contributed by atoms with Gasteiger partial charge in [0.05, 0.1) is 6.54 Å². The van der Waals surface area contributed by atoms with Crippen LogP contribution in [0.15, 0.2) is 54.6 Å². The zero-order valence-corrected chi connectivity index (χ0v) is 15.0. The van der Waals surface area contributed by atoms with E-state index in [1.165, 1.54) is 6.08 Å². The number of amides is 1. The number of rotatable bonds is 6. The Hall–Kier alpha value is -3.28. The minimum Gasteiger partial charge on any atom is -0.486 e. The van der Waals surface area contributed by atoms with Crippen LogP contribution in [-0.4, -0.2) is 37.7 Å². The van der Waals surface area contributed by atoms with Crippen molar-refractivity contribution in [3.8, 4) is 11.5 Å². The van der Waals surface area contributed by atoms with Crippen molar-refractivity contribution in [2.24, 2.45) is 0 Å². The lowest BCUT2D eigenvalue weighted by molar-refractivity contribution is -0.143. The average molecular weight is 367 g/mol. The van der Waals surface area contributed by atoms with Crippen LogP contribution >= 0.6 is 0 Å². The van der Waals surface area contributed by atoms with Crippen LogP contribution in [0.4, 0.5) is 0 Å². The van der Waals surface area contributed by atoms with Crippen LogP contribution in [0, 0.1) is 6.92 Å². The summed E-state index contributed by atoms with van der Waals surface area (Å²) >= 11 is 0. The van der Waals surface area contributed by atoms with Gasteiger partial charge in [0.15, 0.2) is 18.1 Å². The molecule has 0 radical (unpaired) electrons. The Morgan fingerprint density at radius 2 is 1.89 bits per heavy atom. The standard InChI is InChI=1S/C21H21NO5/c1-15-6-8-16(9-7-15)10-11-21(24)26-14-20(23)22-12-17-13-25-18-4-2-3-5-19(18)27-17/h2-11,17H,12-14H2,1H3,(H,22,23)/b11-10+/t17-/m1/s1. The predicted octanol–water partition coefficient (Wildman–Crippen LogP) is 2.51. The van der Waals surface area contributed by atoms with Crippen molar-refractivity contribution in [1.82, 2.24) is 5.32 Å². The van der Waals surface area contributed by atoms with Crippen molar-refractivity contribution in [2.45, 2.75) is 13.0 Å². The zero-order chi connectivity index (χ0) is 19.1. The fourth-order valence-corrected chi connectivity index (χ4v) is 2.47. The summed E-state index contributed by atoms with van der Waals surface area (Å²) in [6, 6.07) is 15.1. The number of para-hydroxylation sites is 2. The minimum absolute atomic E-state index is 0.268. The molecule has 140 valence electrons. The third-order valence-electron chi connectivity index (χ3n) is 3.93. The normalized spacial score (nSPS) is 15.4. The third kappa shape index (κ3) is 5.60. The predicted molar refractivity (Wildman–Crippen MR) is 101 cm³/mol. The fourth-order valence-electron chi connectivity index (χ4n) is 2.47. The van der Waals surface area contributed by atoms with Crippen LogP contribution < -0.4 is 14.8 Å². The third-order valence-corrected chi connectivity index (χ3v) is 3.93. The smallest absolute Gasteiger partial charge is 0.331 e. The van der Waals surface area contributed by atoms with Gasteiger partial charge in [0, 0.05) is 6.08 Å². The second-order valence-electron chi connectivity index (χ2n) is 6.15. The maximum absolute atomic E-state index is 11.8. The molecular formula is C21H21NO5. The first-order valence-electron chi connectivity index (χ1n) is 8.67. The Kier molecular flexibility index (Phi) is 6.10. The molecule has 1 atom stereocenters. The minimum atomic E-state index is -0.572. The zero-order valence-electron chi connectivity index (χ0n) is 15.0. The van der Waals surface area contributed by atoms with Gasteiger partial charge in [-0.05, 0) is 30.7 Å². The molecule has 3 rings (SSSR count). The number of carbonyl (C=O) groups is 2. The molecule has 27 heavy (non-hydrogen) atoms. The Morgan fingerprint density at radius 3 is 2.67 bits per heavy atom. The summed E-state index contributed by atoms with van der Waals surface area (Å²) in [4.78, 5) is 23.5. The van der Waals surface area contributed by atoms with E-state index in [1.807, 2.05) is 55.5 Å². The molecule has 0 aliphatic carbocycles.